The molecule has 19 heavy (non-hydrogen) atoms. The molecule has 0 amide bonds. The summed E-state index contributed by atoms with van der Waals surface area (Å²) in [6.07, 6.45) is 0. The normalized spacial score (nSPS) is 12.5. The summed E-state index contributed by atoms with van der Waals surface area (Å²) in [6, 6.07) is 8.52. The summed E-state index contributed by atoms with van der Waals surface area (Å²) >= 11 is 9.64. The Morgan fingerprint density at radius 1 is 1.16 bits per heavy atom. The van der Waals surface area contributed by atoms with Crippen LogP contribution in [0.25, 0.3) is 0 Å². The van der Waals surface area contributed by atoms with E-state index in [9.17, 15) is 4.39 Å². The summed E-state index contributed by atoms with van der Waals surface area (Å²) in [7, 11) is 0. The molecule has 2 aromatic carbocycles. The van der Waals surface area contributed by atoms with Crippen LogP contribution in [0.3, 0.4) is 0 Å². The minimum atomic E-state index is -0.388. The van der Waals surface area contributed by atoms with Crippen molar-refractivity contribution >= 4 is 27.5 Å². The minimum absolute atomic E-state index is 0.316. The lowest BCUT2D eigenvalue weighted by molar-refractivity contribution is 0.617. The summed E-state index contributed by atoms with van der Waals surface area (Å²) in [4.78, 5) is 0. The van der Waals surface area contributed by atoms with Crippen LogP contribution in [0, 0.1) is 19.7 Å². The van der Waals surface area contributed by atoms with Gasteiger partial charge in [0.15, 0.2) is 0 Å². The highest BCUT2D eigenvalue weighted by Gasteiger charge is 2.17. The molecule has 2 aromatic rings. The summed E-state index contributed by atoms with van der Waals surface area (Å²) in [5.74, 6) is -0.316. The summed E-state index contributed by atoms with van der Waals surface area (Å²) in [5, 5.41) is 0.351. The predicted octanol–water partition coefficient (Wildman–Crippen LogP) is 4.91. The van der Waals surface area contributed by atoms with E-state index in [0.717, 1.165) is 21.2 Å². The standard InChI is InChI=1S/C15H14BrClFN/c1-8-4-3-5-10(14(8)16)15(19)11-6-9(2)13(18)7-12(11)17/h3-7,15H,19H2,1-2H3. The molecule has 0 saturated carbocycles. The molecule has 1 atom stereocenters. The van der Waals surface area contributed by atoms with Crippen molar-refractivity contribution in [1.82, 2.24) is 0 Å². The number of hydrogen-bond donors (Lipinski definition) is 1. The lowest BCUT2D eigenvalue weighted by Gasteiger charge is -2.18. The lowest BCUT2D eigenvalue weighted by atomic mass is 9.96. The summed E-state index contributed by atoms with van der Waals surface area (Å²) in [6.45, 7) is 3.70. The molecule has 0 radical (unpaired) electrons. The lowest BCUT2D eigenvalue weighted by Crippen LogP contribution is -2.14. The van der Waals surface area contributed by atoms with Crippen LogP contribution < -0.4 is 5.73 Å². The Bertz CT molecular complexity index is 628. The molecule has 0 bridgehead atoms. The van der Waals surface area contributed by atoms with Crippen LogP contribution in [0.2, 0.25) is 5.02 Å². The zero-order valence-corrected chi connectivity index (χ0v) is 13.0. The first-order valence-corrected chi connectivity index (χ1v) is 7.05. The van der Waals surface area contributed by atoms with Crippen molar-refractivity contribution in [3.63, 3.8) is 0 Å². The molecule has 0 fully saturated rings. The van der Waals surface area contributed by atoms with Gasteiger partial charge in [0, 0.05) is 9.50 Å². The molecule has 2 N–H and O–H groups in total. The average Bonchev–Trinajstić information content (AvgIpc) is 2.36. The predicted molar refractivity (Wildman–Crippen MR) is 81.1 cm³/mol. The van der Waals surface area contributed by atoms with Crippen molar-refractivity contribution < 1.29 is 4.39 Å². The SMILES string of the molecule is Cc1cc(C(N)c2cccc(C)c2Br)c(Cl)cc1F. The van der Waals surface area contributed by atoms with Gasteiger partial charge >= 0.3 is 0 Å². The number of halogens is 3. The zero-order valence-electron chi connectivity index (χ0n) is 10.7. The monoisotopic (exact) mass is 341 g/mol. The molecule has 0 aromatic heterocycles. The summed E-state index contributed by atoms with van der Waals surface area (Å²) < 4.78 is 14.4. The Morgan fingerprint density at radius 2 is 1.84 bits per heavy atom. The van der Waals surface area contributed by atoms with Gasteiger partial charge in [-0.05, 0) is 48.2 Å². The van der Waals surface area contributed by atoms with E-state index < -0.39 is 0 Å². The molecule has 1 nitrogen and oxygen atoms in total. The van der Waals surface area contributed by atoms with Crippen LogP contribution in [-0.4, -0.2) is 0 Å². The van der Waals surface area contributed by atoms with Gasteiger partial charge in [-0.2, -0.15) is 0 Å². The molecule has 0 heterocycles. The van der Waals surface area contributed by atoms with Gasteiger partial charge in [-0.3, -0.25) is 0 Å². The van der Waals surface area contributed by atoms with Crippen LogP contribution in [0.5, 0.6) is 0 Å². The number of nitrogens with two attached hydrogens (primary N) is 1. The highest BCUT2D eigenvalue weighted by atomic mass is 79.9. The van der Waals surface area contributed by atoms with Gasteiger partial charge in [0.2, 0.25) is 0 Å². The average molecular weight is 343 g/mol. The van der Waals surface area contributed by atoms with Crippen LogP contribution in [0.4, 0.5) is 4.39 Å². The fourth-order valence-corrected chi connectivity index (χ4v) is 2.77. The van der Waals surface area contributed by atoms with Crippen molar-refractivity contribution in [3.05, 3.63) is 67.9 Å². The first-order chi connectivity index (χ1) is 8.91. The number of aryl methyl sites for hydroxylation is 2. The van der Waals surface area contributed by atoms with E-state index in [4.69, 9.17) is 17.3 Å². The number of benzene rings is 2. The van der Waals surface area contributed by atoms with Crippen molar-refractivity contribution in [2.45, 2.75) is 19.9 Å². The van der Waals surface area contributed by atoms with Gasteiger partial charge in [0.25, 0.3) is 0 Å². The largest absolute Gasteiger partial charge is 0.320 e. The third-order valence-electron chi connectivity index (χ3n) is 3.17. The molecule has 2 rings (SSSR count). The molecule has 0 aliphatic rings. The number of rotatable bonds is 2. The Kier molecular flexibility index (Phi) is 4.29. The van der Waals surface area contributed by atoms with Crippen LogP contribution in [0.1, 0.15) is 28.3 Å². The van der Waals surface area contributed by atoms with Gasteiger partial charge in [-0.15, -0.1) is 0 Å². The smallest absolute Gasteiger partial charge is 0.127 e. The van der Waals surface area contributed by atoms with Gasteiger partial charge in [0.1, 0.15) is 5.82 Å². The van der Waals surface area contributed by atoms with E-state index in [0.29, 0.717) is 10.6 Å². The maximum absolute atomic E-state index is 13.4. The van der Waals surface area contributed by atoms with E-state index in [1.807, 2.05) is 25.1 Å². The Hall–Kier alpha value is -0.900. The Balaban J connectivity index is 2.53. The molecule has 0 aliphatic heterocycles. The maximum Gasteiger partial charge on any atom is 0.127 e. The highest BCUT2D eigenvalue weighted by molar-refractivity contribution is 9.10. The van der Waals surface area contributed by atoms with Crippen LogP contribution >= 0.6 is 27.5 Å². The summed E-state index contributed by atoms with van der Waals surface area (Å²) in [5.41, 5.74) is 9.58. The first kappa shape index (κ1) is 14.5. The van der Waals surface area contributed by atoms with E-state index >= 15 is 0 Å². The quantitative estimate of drug-likeness (QED) is 0.825. The highest BCUT2D eigenvalue weighted by Crippen LogP contribution is 2.33. The van der Waals surface area contributed by atoms with Crippen LogP contribution in [0.15, 0.2) is 34.8 Å². The Labute approximate surface area is 125 Å². The Morgan fingerprint density at radius 3 is 2.53 bits per heavy atom. The second-order valence-corrected chi connectivity index (χ2v) is 5.78. The molecule has 1 unspecified atom stereocenters. The van der Waals surface area contributed by atoms with Crippen molar-refractivity contribution in [3.8, 4) is 0 Å². The third kappa shape index (κ3) is 2.83. The molecule has 4 heteroatoms. The first-order valence-electron chi connectivity index (χ1n) is 5.88. The fraction of sp³-hybridized carbons (Fsp3) is 0.200. The van der Waals surface area contributed by atoms with E-state index in [-0.39, 0.29) is 11.9 Å². The van der Waals surface area contributed by atoms with Crippen molar-refractivity contribution in [2.24, 2.45) is 5.73 Å². The van der Waals surface area contributed by atoms with E-state index in [2.05, 4.69) is 15.9 Å². The zero-order chi connectivity index (χ0) is 14.2. The molecular weight excluding hydrogens is 329 g/mol. The minimum Gasteiger partial charge on any atom is -0.320 e. The van der Waals surface area contributed by atoms with Gasteiger partial charge < -0.3 is 5.73 Å². The second-order valence-electron chi connectivity index (χ2n) is 4.58. The van der Waals surface area contributed by atoms with E-state index in [1.54, 1.807) is 13.0 Å². The van der Waals surface area contributed by atoms with E-state index in [1.165, 1.54) is 6.07 Å². The van der Waals surface area contributed by atoms with Gasteiger partial charge in [-0.25, -0.2) is 4.39 Å². The molecule has 0 spiro atoms. The van der Waals surface area contributed by atoms with Crippen LogP contribution in [-0.2, 0) is 0 Å². The van der Waals surface area contributed by atoms with Gasteiger partial charge in [0.05, 0.1) is 6.04 Å². The second kappa shape index (κ2) is 5.61. The van der Waals surface area contributed by atoms with Gasteiger partial charge in [-0.1, -0.05) is 45.7 Å². The molecular formula is C15H14BrClFN. The topological polar surface area (TPSA) is 26.0 Å². The van der Waals surface area contributed by atoms with Crippen molar-refractivity contribution in [2.75, 3.05) is 0 Å². The fourth-order valence-electron chi connectivity index (χ4n) is 2.00. The third-order valence-corrected chi connectivity index (χ3v) is 4.58. The van der Waals surface area contributed by atoms with Crippen molar-refractivity contribution in [1.29, 1.82) is 0 Å². The molecule has 0 aliphatic carbocycles. The number of hydrogen-bond acceptors (Lipinski definition) is 1. The maximum atomic E-state index is 13.4. The molecule has 100 valence electrons. The molecule has 0 saturated heterocycles.